The number of furan rings is 1. The van der Waals surface area contributed by atoms with E-state index in [-0.39, 0.29) is 36.7 Å². The van der Waals surface area contributed by atoms with Crippen molar-refractivity contribution in [1.82, 2.24) is 10.2 Å². The number of hydrogen-bond acceptors (Lipinski definition) is 4. The first kappa shape index (κ1) is 18.0. The fourth-order valence-electron chi connectivity index (χ4n) is 3.44. The lowest BCUT2D eigenvalue weighted by molar-refractivity contribution is -0.122. The van der Waals surface area contributed by atoms with Crippen LogP contribution < -0.4 is 5.32 Å². The Balaban J connectivity index is 1.30. The first-order chi connectivity index (χ1) is 13.5. The zero-order valence-electron chi connectivity index (χ0n) is 15.5. The topological polar surface area (TPSA) is 79.6 Å². The number of carbonyl (C=O) groups is 3. The Bertz CT molecular complexity index is 1000. The summed E-state index contributed by atoms with van der Waals surface area (Å²) in [6.45, 7) is 2.08. The third kappa shape index (κ3) is 3.29. The summed E-state index contributed by atoms with van der Waals surface area (Å²) in [6.07, 6.45) is 0.627. The van der Waals surface area contributed by atoms with Crippen LogP contribution >= 0.6 is 0 Å². The lowest BCUT2D eigenvalue weighted by Crippen LogP contribution is -2.32. The Hall–Kier alpha value is -3.41. The van der Waals surface area contributed by atoms with E-state index < -0.39 is 0 Å². The molecule has 0 saturated carbocycles. The van der Waals surface area contributed by atoms with Crippen molar-refractivity contribution in [2.75, 3.05) is 6.54 Å². The van der Waals surface area contributed by atoms with Crippen LogP contribution in [-0.4, -0.2) is 29.2 Å². The molecule has 0 fully saturated rings. The molecule has 0 spiro atoms. The average molecular weight is 376 g/mol. The third-order valence-corrected chi connectivity index (χ3v) is 4.91. The average Bonchev–Trinajstić information content (AvgIpc) is 3.23. The fraction of sp³-hybridized carbons (Fsp3) is 0.227. The minimum Gasteiger partial charge on any atom is -0.459 e. The fourth-order valence-corrected chi connectivity index (χ4v) is 3.44. The first-order valence-electron chi connectivity index (χ1n) is 9.27. The van der Waals surface area contributed by atoms with Gasteiger partial charge in [-0.05, 0) is 37.6 Å². The highest BCUT2D eigenvalue weighted by Crippen LogP contribution is 2.24. The van der Waals surface area contributed by atoms with E-state index in [0.717, 1.165) is 11.0 Å². The molecule has 1 aromatic heterocycles. The molecule has 142 valence electrons. The molecule has 1 aliphatic heterocycles. The molecule has 0 bridgehead atoms. The molecule has 0 unspecified atom stereocenters. The Morgan fingerprint density at radius 2 is 1.68 bits per heavy atom. The number of benzene rings is 2. The van der Waals surface area contributed by atoms with E-state index in [1.54, 1.807) is 24.3 Å². The van der Waals surface area contributed by atoms with Crippen molar-refractivity contribution >= 4 is 28.7 Å². The van der Waals surface area contributed by atoms with Crippen molar-refractivity contribution in [3.8, 4) is 0 Å². The van der Waals surface area contributed by atoms with Gasteiger partial charge in [0.15, 0.2) is 0 Å². The number of fused-ring (bicyclic) bond motifs is 2. The van der Waals surface area contributed by atoms with Crippen molar-refractivity contribution in [2.24, 2.45) is 0 Å². The summed E-state index contributed by atoms with van der Waals surface area (Å²) in [5, 5.41) is 3.89. The van der Waals surface area contributed by atoms with Gasteiger partial charge in [0.05, 0.1) is 17.2 Å². The van der Waals surface area contributed by atoms with E-state index in [4.69, 9.17) is 4.42 Å². The SMILES string of the molecule is C[C@H](NC(=O)CCCN1C(=O)c2ccccc2C1=O)c1cc2ccccc2o1. The number of amides is 3. The third-order valence-electron chi connectivity index (χ3n) is 4.91. The van der Waals surface area contributed by atoms with Gasteiger partial charge in [-0.15, -0.1) is 0 Å². The van der Waals surface area contributed by atoms with Crippen LogP contribution in [-0.2, 0) is 4.79 Å². The number of para-hydroxylation sites is 1. The molecule has 1 atom stereocenters. The second-order valence-corrected chi connectivity index (χ2v) is 6.89. The summed E-state index contributed by atoms with van der Waals surface area (Å²) in [4.78, 5) is 38.1. The quantitative estimate of drug-likeness (QED) is 0.666. The molecule has 1 N–H and O–H groups in total. The van der Waals surface area contributed by atoms with E-state index in [0.29, 0.717) is 23.3 Å². The zero-order chi connectivity index (χ0) is 19.7. The Labute approximate surface area is 162 Å². The monoisotopic (exact) mass is 376 g/mol. The van der Waals surface area contributed by atoms with Gasteiger partial charge < -0.3 is 9.73 Å². The highest BCUT2D eigenvalue weighted by Gasteiger charge is 2.34. The van der Waals surface area contributed by atoms with Crippen LogP contribution in [0.2, 0.25) is 0 Å². The van der Waals surface area contributed by atoms with Crippen molar-refractivity contribution in [2.45, 2.75) is 25.8 Å². The molecule has 3 aromatic rings. The standard InChI is InChI=1S/C22H20N2O4/c1-14(19-13-15-7-2-5-10-18(15)28-19)23-20(25)11-6-12-24-21(26)16-8-3-4-9-17(16)22(24)27/h2-5,7-10,13-14H,6,11-12H2,1H3,(H,23,25)/t14-/m0/s1. The van der Waals surface area contributed by atoms with Gasteiger partial charge in [0, 0.05) is 18.4 Å². The van der Waals surface area contributed by atoms with Gasteiger partial charge in [-0.3, -0.25) is 19.3 Å². The molecule has 2 heterocycles. The summed E-state index contributed by atoms with van der Waals surface area (Å²) < 4.78 is 5.77. The van der Waals surface area contributed by atoms with Crippen LogP contribution in [0.1, 0.15) is 52.3 Å². The van der Waals surface area contributed by atoms with Gasteiger partial charge in [0.1, 0.15) is 11.3 Å². The maximum absolute atomic E-state index is 12.3. The molecule has 6 nitrogen and oxygen atoms in total. The molecule has 2 aromatic carbocycles. The lowest BCUT2D eigenvalue weighted by atomic mass is 10.1. The summed E-state index contributed by atoms with van der Waals surface area (Å²) in [5.74, 6) is -0.0484. The molecule has 6 heteroatoms. The summed E-state index contributed by atoms with van der Waals surface area (Å²) in [5.41, 5.74) is 1.63. The largest absolute Gasteiger partial charge is 0.459 e. The minimum atomic E-state index is -0.295. The van der Waals surface area contributed by atoms with Crippen LogP contribution in [0.25, 0.3) is 11.0 Å². The maximum atomic E-state index is 12.3. The maximum Gasteiger partial charge on any atom is 0.261 e. The molecule has 0 saturated heterocycles. The summed E-state index contributed by atoms with van der Waals surface area (Å²) >= 11 is 0. The van der Waals surface area contributed by atoms with Gasteiger partial charge in [-0.25, -0.2) is 0 Å². The summed E-state index contributed by atoms with van der Waals surface area (Å²) in [6, 6.07) is 16.1. The van der Waals surface area contributed by atoms with Gasteiger partial charge in [-0.2, -0.15) is 0 Å². The number of hydrogen-bond donors (Lipinski definition) is 1. The lowest BCUT2D eigenvalue weighted by Gasteiger charge is -2.14. The van der Waals surface area contributed by atoms with Crippen LogP contribution in [0, 0.1) is 0 Å². The van der Waals surface area contributed by atoms with Crippen molar-refractivity contribution in [1.29, 1.82) is 0 Å². The minimum absolute atomic E-state index is 0.149. The van der Waals surface area contributed by atoms with Crippen molar-refractivity contribution in [3.05, 3.63) is 71.5 Å². The normalized spacial score (nSPS) is 14.4. The molecule has 4 rings (SSSR count). The molecule has 0 radical (unpaired) electrons. The zero-order valence-corrected chi connectivity index (χ0v) is 15.5. The smallest absolute Gasteiger partial charge is 0.261 e. The number of imide groups is 1. The molecule has 3 amide bonds. The van der Waals surface area contributed by atoms with Crippen LogP contribution in [0.15, 0.2) is 59.0 Å². The highest BCUT2D eigenvalue weighted by atomic mass is 16.3. The van der Waals surface area contributed by atoms with Crippen molar-refractivity contribution in [3.63, 3.8) is 0 Å². The van der Waals surface area contributed by atoms with E-state index in [1.165, 1.54) is 4.90 Å². The highest BCUT2D eigenvalue weighted by molar-refractivity contribution is 6.21. The number of carbonyl (C=O) groups excluding carboxylic acids is 3. The number of rotatable bonds is 6. The van der Waals surface area contributed by atoms with Gasteiger partial charge in [-0.1, -0.05) is 30.3 Å². The van der Waals surface area contributed by atoms with Gasteiger partial charge in [0.25, 0.3) is 11.8 Å². The first-order valence-corrected chi connectivity index (χ1v) is 9.27. The van der Waals surface area contributed by atoms with E-state index >= 15 is 0 Å². The van der Waals surface area contributed by atoms with E-state index in [2.05, 4.69) is 5.32 Å². The van der Waals surface area contributed by atoms with E-state index in [9.17, 15) is 14.4 Å². The second-order valence-electron chi connectivity index (χ2n) is 6.89. The second kappa shape index (κ2) is 7.31. The Morgan fingerprint density at radius 1 is 1.04 bits per heavy atom. The Kier molecular flexibility index (Phi) is 4.69. The molecule has 0 aliphatic carbocycles. The van der Waals surface area contributed by atoms with Gasteiger partial charge in [0.2, 0.25) is 5.91 Å². The number of nitrogens with zero attached hydrogens (tertiary/aromatic N) is 1. The molecular formula is C22H20N2O4. The molecular weight excluding hydrogens is 356 g/mol. The van der Waals surface area contributed by atoms with Crippen LogP contribution in [0.5, 0.6) is 0 Å². The van der Waals surface area contributed by atoms with Crippen molar-refractivity contribution < 1.29 is 18.8 Å². The van der Waals surface area contributed by atoms with Crippen LogP contribution in [0.4, 0.5) is 0 Å². The predicted octanol–water partition coefficient (Wildman–Crippen LogP) is 3.69. The molecule has 28 heavy (non-hydrogen) atoms. The number of nitrogens with one attached hydrogen (secondary N) is 1. The predicted molar refractivity (Wildman–Crippen MR) is 104 cm³/mol. The van der Waals surface area contributed by atoms with Crippen LogP contribution in [0.3, 0.4) is 0 Å². The molecule has 1 aliphatic rings. The Morgan fingerprint density at radius 3 is 2.36 bits per heavy atom. The van der Waals surface area contributed by atoms with Gasteiger partial charge >= 0.3 is 0 Å². The summed E-state index contributed by atoms with van der Waals surface area (Å²) in [7, 11) is 0. The van der Waals surface area contributed by atoms with E-state index in [1.807, 2.05) is 37.3 Å².